The van der Waals surface area contributed by atoms with Crippen LogP contribution in [0.3, 0.4) is 0 Å². The van der Waals surface area contributed by atoms with E-state index in [1.165, 1.54) is 6.92 Å². The van der Waals surface area contributed by atoms with E-state index >= 15 is 0 Å². The van der Waals surface area contributed by atoms with Crippen LogP contribution in [-0.4, -0.2) is 26.7 Å². The molecule has 0 spiro atoms. The third kappa shape index (κ3) is 3.51. The Hall–Kier alpha value is -2.02. The van der Waals surface area contributed by atoms with Gasteiger partial charge in [-0.05, 0) is 25.0 Å². The second-order valence-electron chi connectivity index (χ2n) is 4.48. The zero-order chi connectivity index (χ0) is 14.5. The van der Waals surface area contributed by atoms with Crippen molar-refractivity contribution in [3.05, 3.63) is 41.2 Å². The van der Waals surface area contributed by atoms with Crippen molar-refractivity contribution in [2.24, 2.45) is 0 Å². The van der Waals surface area contributed by atoms with E-state index in [1.807, 2.05) is 0 Å². The smallest absolute Gasteiger partial charge is 0.146 e. The molecule has 0 aliphatic heterocycles. The molecular weight excluding hydrogens is 266 g/mol. The summed E-state index contributed by atoms with van der Waals surface area (Å²) in [6.07, 6.45) is 2.29. The van der Waals surface area contributed by atoms with Gasteiger partial charge in [0.05, 0.1) is 18.4 Å². The summed E-state index contributed by atoms with van der Waals surface area (Å²) in [4.78, 5) is 0. The normalized spacial score (nSPS) is 10.8. The predicted octanol–water partition coefficient (Wildman–Crippen LogP) is 1.86. The maximum Gasteiger partial charge on any atom is 0.146 e. The van der Waals surface area contributed by atoms with Gasteiger partial charge in [0.1, 0.15) is 17.3 Å². The Morgan fingerprint density at radius 3 is 2.85 bits per heavy atom. The number of benzene rings is 1. The molecule has 0 fully saturated rings. The van der Waals surface area contributed by atoms with Gasteiger partial charge in [0.25, 0.3) is 0 Å². The van der Waals surface area contributed by atoms with Gasteiger partial charge >= 0.3 is 0 Å². The van der Waals surface area contributed by atoms with Gasteiger partial charge < -0.3 is 10.4 Å². The highest BCUT2D eigenvalue weighted by atomic mass is 19.1. The highest BCUT2D eigenvalue weighted by Crippen LogP contribution is 2.19. The number of hydrogen-bond donors (Lipinski definition) is 2. The molecule has 2 rings (SSSR count). The van der Waals surface area contributed by atoms with Crippen molar-refractivity contribution in [3.8, 4) is 0 Å². The van der Waals surface area contributed by atoms with Crippen LogP contribution < -0.4 is 5.32 Å². The van der Waals surface area contributed by atoms with Crippen molar-refractivity contribution in [2.75, 3.05) is 11.9 Å². The molecule has 0 aliphatic rings. The summed E-state index contributed by atoms with van der Waals surface area (Å²) in [5.74, 6) is -0.961. The summed E-state index contributed by atoms with van der Waals surface area (Å²) >= 11 is 0. The summed E-state index contributed by atoms with van der Waals surface area (Å²) in [7, 11) is 0. The zero-order valence-electron chi connectivity index (χ0n) is 11.1. The highest BCUT2D eigenvalue weighted by Gasteiger charge is 2.08. The van der Waals surface area contributed by atoms with Crippen molar-refractivity contribution in [1.82, 2.24) is 15.0 Å². The number of aryl methyl sites for hydroxylation is 2. The Morgan fingerprint density at radius 2 is 2.10 bits per heavy atom. The quantitative estimate of drug-likeness (QED) is 0.849. The first-order valence-corrected chi connectivity index (χ1v) is 6.29. The van der Waals surface area contributed by atoms with Crippen LogP contribution in [0.15, 0.2) is 18.3 Å². The molecule has 0 saturated heterocycles. The van der Waals surface area contributed by atoms with E-state index < -0.39 is 11.6 Å². The lowest BCUT2D eigenvalue weighted by molar-refractivity contribution is 0.276. The van der Waals surface area contributed by atoms with E-state index in [1.54, 1.807) is 10.9 Å². The number of anilines is 1. The molecule has 2 aromatic rings. The number of halogens is 2. The summed E-state index contributed by atoms with van der Waals surface area (Å²) in [5.41, 5.74) is 0.976. The Labute approximate surface area is 115 Å². The standard InChI is InChI=1S/C13H16F2N4O/c1-9-5-12(15)13(6-11(9)14)16-7-10-8-19(18-17-10)3-2-4-20/h5-6,8,16,20H,2-4,7H2,1H3. The van der Waals surface area contributed by atoms with Gasteiger partial charge in [0, 0.05) is 19.2 Å². The lowest BCUT2D eigenvalue weighted by Gasteiger charge is -2.07. The second kappa shape index (κ2) is 6.42. The minimum atomic E-state index is -0.503. The van der Waals surface area contributed by atoms with Gasteiger partial charge in [0.2, 0.25) is 0 Å². The number of hydrogen-bond acceptors (Lipinski definition) is 4. The van der Waals surface area contributed by atoms with Crippen molar-refractivity contribution < 1.29 is 13.9 Å². The van der Waals surface area contributed by atoms with Crippen LogP contribution in [0.2, 0.25) is 0 Å². The Bertz CT molecular complexity index is 586. The fraction of sp³-hybridized carbons (Fsp3) is 0.385. The number of aliphatic hydroxyl groups excluding tert-OH is 1. The maximum absolute atomic E-state index is 13.6. The molecule has 1 aromatic carbocycles. The highest BCUT2D eigenvalue weighted by molar-refractivity contribution is 5.46. The number of aromatic nitrogens is 3. The lowest BCUT2D eigenvalue weighted by atomic mass is 10.2. The van der Waals surface area contributed by atoms with E-state index in [0.717, 1.165) is 12.1 Å². The molecule has 108 valence electrons. The molecular formula is C13H16F2N4O. The van der Waals surface area contributed by atoms with Gasteiger partial charge in [-0.15, -0.1) is 5.10 Å². The molecule has 2 N–H and O–H groups in total. The van der Waals surface area contributed by atoms with E-state index in [9.17, 15) is 8.78 Å². The summed E-state index contributed by atoms with van der Waals surface area (Å²) in [5, 5.41) is 19.3. The summed E-state index contributed by atoms with van der Waals surface area (Å²) in [6, 6.07) is 2.27. The number of nitrogens with one attached hydrogen (secondary N) is 1. The lowest BCUT2D eigenvalue weighted by Crippen LogP contribution is -2.03. The summed E-state index contributed by atoms with van der Waals surface area (Å²) < 4.78 is 28.6. The molecule has 5 nitrogen and oxygen atoms in total. The molecule has 0 bridgehead atoms. The Morgan fingerprint density at radius 1 is 1.30 bits per heavy atom. The first-order chi connectivity index (χ1) is 9.60. The zero-order valence-corrected chi connectivity index (χ0v) is 11.1. The molecule has 7 heteroatoms. The van der Waals surface area contributed by atoms with E-state index in [2.05, 4.69) is 15.6 Å². The van der Waals surface area contributed by atoms with Crippen LogP contribution in [0, 0.1) is 18.6 Å². The van der Waals surface area contributed by atoms with Gasteiger partial charge in [-0.2, -0.15) is 0 Å². The molecule has 0 saturated carbocycles. The Balaban J connectivity index is 1.98. The molecule has 1 aromatic heterocycles. The first-order valence-electron chi connectivity index (χ1n) is 6.29. The predicted molar refractivity (Wildman–Crippen MR) is 70.1 cm³/mol. The summed E-state index contributed by atoms with van der Waals surface area (Å²) in [6.45, 7) is 2.41. The van der Waals surface area contributed by atoms with Crippen LogP contribution in [0.1, 0.15) is 17.7 Å². The third-order valence-electron chi connectivity index (χ3n) is 2.84. The molecule has 1 heterocycles. The molecule has 0 amide bonds. The Kier molecular flexibility index (Phi) is 4.62. The van der Waals surface area contributed by atoms with Crippen molar-refractivity contribution in [3.63, 3.8) is 0 Å². The minimum absolute atomic E-state index is 0.0846. The first kappa shape index (κ1) is 14.4. The van der Waals surface area contributed by atoms with Crippen LogP contribution in [0.4, 0.5) is 14.5 Å². The van der Waals surface area contributed by atoms with Gasteiger partial charge in [-0.1, -0.05) is 5.21 Å². The van der Waals surface area contributed by atoms with Gasteiger partial charge in [-0.3, -0.25) is 4.68 Å². The minimum Gasteiger partial charge on any atom is -0.396 e. The van der Waals surface area contributed by atoms with Gasteiger partial charge in [0.15, 0.2) is 0 Å². The number of aliphatic hydroxyl groups is 1. The average Bonchev–Trinajstić information content (AvgIpc) is 2.87. The molecule has 0 atom stereocenters. The van der Waals surface area contributed by atoms with Crippen molar-refractivity contribution in [2.45, 2.75) is 26.4 Å². The molecule has 0 unspecified atom stereocenters. The van der Waals surface area contributed by atoms with Crippen LogP contribution in [0.5, 0.6) is 0 Å². The molecule has 20 heavy (non-hydrogen) atoms. The van der Waals surface area contributed by atoms with E-state index in [-0.39, 0.29) is 24.4 Å². The molecule has 0 aliphatic carbocycles. The maximum atomic E-state index is 13.6. The van der Waals surface area contributed by atoms with Crippen molar-refractivity contribution >= 4 is 5.69 Å². The number of rotatable bonds is 6. The van der Waals surface area contributed by atoms with E-state index in [4.69, 9.17) is 5.11 Å². The van der Waals surface area contributed by atoms with E-state index in [0.29, 0.717) is 18.7 Å². The third-order valence-corrected chi connectivity index (χ3v) is 2.84. The fourth-order valence-electron chi connectivity index (χ4n) is 1.73. The average molecular weight is 282 g/mol. The van der Waals surface area contributed by atoms with Crippen molar-refractivity contribution in [1.29, 1.82) is 0 Å². The van der Waals surface area contributed by atoms with Crippen LogP contribution in [-0.2, 0) is 13.1 Å². The monoisotopic (exact) mass is 282 g/mol. The van der Waals surface area contributed by atoms with Gasteiger partial charge in [-0.25, -0.2) is 8.78 Å². The second-order valence-corrected chi connectivity index (χ2v) is 4.48. The topological polar surface area (TPSA) is 63.0 Å². The molecule has 0 radical (unpaired) electrons. The largest absolute Gasteiger partial charge is 0.396 e. The number of nitrogens with zero attached hydrogens (tertiary/aromatic N) is 3. The SMILES string of the molecule is Cc1cc(F)c(NCc2cn(CCCO)nn2)cc1F. The fourth-order valence-corrected chi connectivity index (χ4v) is 1.73. The van der Waals surface area contributed by atoms with Crippen LogP contribution >= 0.6 is 0 Å². The van der Waals surface area contributed by atoms with Crippen LogP contribution in [0.25, 0.3) is 0 Å².